The highest BCUT2D eigenvalue weighted by molar-refractivity contribution is 5.94. The van der Waals surface area contributed by atoms with Gasteiger partial charge < -0.3 is 16.0 Å². The number of piperidine rings is 1. The highest BCUT2D eigenvalue weighted by atomic mass is 19.1. The lowest BCUT2D eigenvalue weighted by Crippen LogP contribution is -2.47. The molecule has 3 N–H and O–H groups in total. The highest BCUT2D eigenvalue weighted by Crippen LogP contribution is 2.19. The average Bonchev–Trinajstić information content (AvgIpc) is 2.39. The molecule has 6 heteroatoms. The molecule has 2 unspecified atom stereocenters. The Kier molecular flexibility index (Phi) is 4.23. The number of hydrogen-bond acceptors (Lipinski definition) is 3. The first-order chi connectivity index (χ1) is 9.38. The molecule has 1 heterocycles. The fourth-order valence-electron chi connectivity index (χ4n) is 2.40. The van der Waals surface area contributed by atoms with Gasteiger partial charge in [-0.3, -0.25) is 4.79 Å². The van der Waals surface area contributed by atoms with E-state index in [2.05, 4.69) is 17.1 Å². The normalized spacial score (nSPS) is 23.6. The molecular formula is C14H19F2N3O. The van der Waals surface area contributed by atoms with E-state index >= 15 is 0 Å². The second-order valence-electron chi connectivity index (χ2n) is 5.38. The number of nitrogens with one attached hydrogen (secondary N) is 1. The summed E-state index contributed by atoms with van der Waals surface area (Å²) in [6.45, 7) is 2.97. The van der Waals surface area contributed by atoms with Crippen molar-refractivity contribution in [2.75, 3.05) is 19.3 Å². The van der Waals surface area contributed by atoms with Crippen molar-refractivity contribution in [1.29, 1.82) is 0 Å². The van der Waals surface area contributed by atoms with E-state index in [0.29, 0.717) is 6.04 Å². The van der Waals surface area contributed by atoms with Crippen LogP contribution in [0.2, 0.25) is 0 Å². The maximum atomic E-state index is 13.3. The number of carbonyl (C=O) groups is 1. The molecular weight excluding hydrogens is 264 g/mol. The monoisotopic (exact) mass is 283 g/mol. The van der Waals surface area contributed by atoms with Crippen molar-refractivity contribution >= 4 is 11.6 Å². The van der Waals surface area contributed by atoms with Gasteiger partial charge in [-0.05, 0) is 38.9 Å². The van der Waals surface area contributed by atoms with Crippen molar-refractivity contribution < 1.29 is 13.6 Å². The number of nitrogens with zero attached hydrogens (tertiary/aromatic N) is 1. The molecule has 1 saturated heterocycles. The van der Waals surface area contributed by atoms with Crippen LogP contribution in [0.4, 0.5) is 14.5 Å². The summed E-state index contributed by atoms with van der Waals surface area (Å²) in [6.07, 6.45) is 1.65. The lowest BCUT2D eigenvalue weighted by Gasteiger charge is -2.35. The summed E-state index contributed by atoms with van der Waals surface area (Å²) in [4.78, 5) is 14.2. The Hall–Kier alpha value is -1.69. The Morgan fingerprint density at radius 3 is 2.55 bits per heavy atom. The Bertz CT molecular complexity index is 498. The summed E-state index contributed by atoms with van der Waals surface area (Å²) in [5.41, 5.74) is 4.58. The van der Waals surface area contributed by atoms with Crippen LogP contribution in [-0.2, 0) is 0 Å². The summed E-state index contributed by atoms with van der Waals surface area (Å²) < 4.78 is 26.7. The van der Waals surface area contributed by atoms with Gasteiger partial charge in [-0.15, -0.1) is 0 Å². The number of amides is 1. The molecule has 1 fully saturated rings. The van der Waals surface area contributed by atoms with E-state index in [1.165, 1.54) is 0 Å². The lowest BCUT2D eigenvalue weighted by atomic mass is 9.98. The van der Waals surface area contributed by atoms with Crippen molar-refractivity contribution in [3.8, 4) is 0 Å². The second-order valence-corrected chi connectivity index (χ2v) is 5.38. The Morgan fingerprint density at radius 1 is 1.40 bits per heavy atom. The second kappa shape index (κ2) is 5.75. The van der Waals surface area contributed by atoms with Crippen LogP contribution in [0.5, 0.6) is 0 Å². The molecule has 20 heavy (non-hydrogen) atoms. The van der Waals surface area contributed by atoms with Gasteiger partial charge in [0.15, 0.2) is 0 Å². The zero-order valence-corrected chi connectivity index (χ0v) is 11.6. The standard InChI is InChI=1S/C14H19F2N3O/c1-8-5-10(3-4-19(8)2)18-14(20)9-6-11(15)13(17)12(16)7-9/h6-8,10H,3-5,17H2,1-2H3,(H,18,20). The largest absolute Gasteiger partial charge is 0.394 e. The van der Waals surface area contributed by atoms with Crippen LogP contribution in [0, 0.1) is 11.6 Å². The summed E-state index contributed by atoms with van der Waals surface area (Å²) >= 11 is 0. The molecule has 0 spiro atoms. The van der Waals surface area contributed by atoms with E-state index in [-0.39, 0.29) is 11.6 Å². The third-order valence-corrected chi connectivity index (χ3v) is 3.88. The first-order valence-electron chi connectivity index (χ1n) is 6.64. The van der Waals surface area contributed by atoms with Gasteiger partial charge in [-0.2, -0.15) is 0 Å². The molecule has 0 radical (unpaired) electrons. The van der Waals surface area contributed by atoms with E-state index in [0.717, 1.165) is 31.5 Å². The number of benzene rings is 1. The Labute approximate surface area is 116 Å². The zero-order valence-electron chi connectivity index (χ0n) is 11.6. The number of anilines is 1. The summed E-state index contributed by atoms with van der Waals surface area (Å²) in [7, 11) is 2.04. The molecule has 4 nitrogen and oxygen atoms in total. The Balaban J connectivity index is 2.05. The van der Waals surface area contributed by atoms with Crippen molar-refractivity contribution in [3.05, 3.63) is 29.3 Å². The van der Waals surface area contributed by atoms with Crippen molar-refractivity contribution in [3.63, 3.8) is 0 Å². The molecule has 1 aliphatic heterocycles. The summed E-state index contributed by atoms with van der Waals surface area (Å²) in [5.74, 6) is -2.29. The molecule has 110 valence electrons. The number of nitrogens with two attached hydrogens (primary N) is 1. The number of likely N-dealkylation sites (tertiary alicyclic amines) is 1. The maximum absolute atomic E-state index is 13.3. The van der Waals surface area contributed by atoms with Gasteiger partial charge in [0.05, 0.1) is 0 Å². The van der Waals surface area contributed by atoms with Crippen LogP contribution in [0.15, 0.2) is 12.1 Å². The smallest absolute Gasteiger partial charge is 0.251 e. The molecule has 1 amide bonds. The predicted molar refractivity (Wildman–Crippen MR) is 73.4 cm³/mol. The van der Waals surface area contributed by atoms with Crippen LogP contribution in [0.25, 0.3) is 0 Å². The third kappa shape index (κ3) is 3.07. The van der Waals surface area contributed by atoms with Crippen LogP contribution in [-0.4, -0.2) is 36.5 Å². The molecule has 2 atom stereocenters. The number of carbonyl (C=O) groups excluding carboxylic acids is 1. The van der Waals surface area contributed by atoms with Gasteiger partial charge in [0, 0.05) is 24.2 Å². The van der Waals surface area contributed by atoms with Gasteiger partial charge in [0.2, 0.25) is 0 Å². The van der Waals surface area contributed by atoms with Gasteiger partial charge >= 0.3 is 0 Å². The molecule has 0 bridgehead atoms. The van der Waals surface area contributed by atoms with Crippen LogP contribution >= 0.6 is 0 Å². The number of halogens is 2. The predicted octanol–water partition coefficient (Wildman–Crippen LogP) is 1.76. The topological polar surface area (TPSA) is 58.4 Å². The van der Waals surface area contributed by atoms with Gasteiger partial charge in [-0.25, -0.2) is 8.78 Å². The minimum Gasteiger partial charge on any atom is -0.394 e. The lowest BCUT2D eigenvalue weighted by molar-refractivity contribution is 0.0895. The van der Waals surface area contributed by atoms with E-state index in [4.69, 9.17) is 5.73 Å². The third-order valence-electron chi connectivity index (χ3n) is 3.88. The first kappa shape index (κ1) is 14.7. The summed E-state index contributed by atoms with van der Waals surface area (Å²) in [6, 6.07) is 2.32. The first-order valence-corrected chi connectivity index (χ1v) is 6.64. The molecule has 1 aromatic rings. The maximum Gasteiger partial charge on any atom is 0.251 e. The summed E-state index contributed by atoms with van der Waals surface area (Å²) in [5, 5.41) is 2.82. The molecule has 1 aliphatic rings. The highest BCUT2D eigenvalue weighted by Gasteiger charge is 2.24. The van der Waals surface area contributed by atoms with Crippen LogP contribution < -0.4 is 11.1 Å². The number of rotatable bonds is 2. The van der Waals surface area contributed by atoms with Gasteiger partial charge in [0.25, 0.3) is 5.91 Å². The number of nitrogen functional groups attached to an aromatic ring is 1. The molecule has 1 aromatic carbocycles. The van der Waals surface area contributed by atoms with Crippen LogP contribution in [0.1, 0.15) is 30.1 Å². The van der Waals surface area contributed by atoms with E-state index < -0.39 is 23.2 Å². The molecule has 2 rings (SSSR count). The van der Waals surface area contributed by atoms with Crippen molar-refractivity contribution in [2.45, 2.75) is 31.8 Å². The van der Waals surface area contributed by atoms with E-state index in [9.17, 15) is 13.6 Å². The quantitative estimate of drug-likeness (QED) is 0.813. The average molecular weight is 283 g/mol. The van der Waals surface area contributed by atoms with Crippen molar-refractivity contribution in [1.82, 2.24) is 10.2 Å². The fraction of sp³-hybridized carbons (Fsp3) is 0.500. The Morgan fingerprint density at radius 2 is 2.00 bits per heavy atom. The minimum atomic E-state index is -0.910. The van der Waals surface area contributed by atoms with E-state index in [1.54, 1.807) is 0 Å². The fourth-order valence-corrected chi connectivity index (χ4v) is 2.40. The van der Waals surface area contributed by atoms with Crippen LogP contribution in [0.3, 0.4) is 0 Å². The molecule has 0 aromatic heterocycles. The van der Waals surface area contributed by atoms with Gasteiger partial charge in [-0.1, -0.05) is 0 Å². The number of hydrogen-bond donors (Lipinski definition) is 2. The minimum absolute atomic E-state index is 0.0253. The van der Waals surface area contributed by atoms with Gasteiger partial charge in [0.1, 0.15) is 17.3 Å². The zero-order chi connectivity index (χ0) is 14.9. The molecule has 0 saturated carbocycles. The molecule has 0 aliphatic carbocycles. The van der Waals surface area contributed by atoms with Crippen molar-refractivity contribution in [2.24, 2.45) is 0 Å². The van der Waals surface area contributed by atoms with E-state index in [1.807, 2.05) is 7.05 Å². The SMILES string of the molecule is CC1CC(NC(=O)c2cc(F)c(N)c(F)c2)CCN1C.